The number of hydrogen-bond donors (Lipinski definition) is 0. The second-order valence-electron chi connectivity index (χ2n) is 3.20. The first-order valence-corrected chi connectivity index (χ1v) is 5.90. The average molecular weight is 220 g/mol. The molecule has 78 valence electrons. The summed E-state index contributed by atoms with van der Waals surface area (Å²) in [6.07, 6.45) is 3.82. The van der Waals surface area contributed by atoms with Gasteiger partial charge in [-0.1, -0.05) is 13.0 Å². The zero-order valence-corrected chi connectivity index (χ0v) is 9.33. The van der Waals surface area contributed by atoms with Crippen LogP contribution in [0.3, 0.4) is 0 Å². The highest BCUT2D eigenvalue weighted by Crippen LogP contribution is 2.22. The van der Waals surface area contributed by atoms with E-state index in [-0.39, 0.29) is 0 Å². The molecule has 0 bridgehead atoms. The minimum absolute atomic E-state index is 0.657. The summed E-state index contributed by atoms with van der Waals surface area (Å²) in [7, 11) is 0. The van der Waals surface area contributed by atoms with Crippen molar-refractivity contribution in [3.63, 3.8) is 0 Å². The minimum atomic E-state index is 0.657. The number of carbonyl (C=O) groups is 1. The Labute approximate surface area is 92.5 Å². The van der Waals surface area contributed by atoms with Crippen LogP contribution in [0.1, 0.15) is 23.8 Å². The zero-order chi connectivity index (χ0) is 10.7. The molecule has 0 aliphatic rings. The highest BCUT2D eigenvalue weighted by atomic mass is 32.2. The average Bonchev–Trinajstić information content (AvgIpc) is 2.63. The van der Waals surface area contributed by atoms with Crippen LogP contribution in [0.2, 0.25) is 0 Å². The second-order valence-corrected chi connectivity index (χ2v) is 4.28. The van der Waals surface area contributed by atoms with E-state index in [2.05, 4.69) is 11.9 Å². The highest BCUT2D eigenvalue weighted by Gasteiger charge is 2.10. The molecular weight excluding hydrogens is 208 g/mol. The first-order chi connectivity index (χ1) is 7.36. The molecule has 2 aromatic rings. The molecule has 0 N–H and O–H groups in total. The number of thioether (sulfide) groups is 1. The van der Waals surface area contributed by atoms with Gasteiger partial charge in [-0.3, -0.25) is 9.20 Å². The Hall–Kier alpha value is -1.29. The van der Waals surface area contributed by atoms with Crippen LogP contribution in [0.15, 0.2) is 29.4 Å². The Morgan fingerprint density at radius 2 is 2.40 bits per heavy atom. The number of aldehydes is 1. The maximum atomic E-state index is 11.0. The lowest BCUT2D eigenvalue weighted by Crippen LogP contribution is -1.90. The summed E-state index contributed by atoms with van der Waals surface area (Å²) in [5, 5.41) is 0.832. The lowest BCUT2D eigenvalue weighted by atomic mass is 10.4. The van der Waals surface area contributed by atoms with E-state index < -0.39 is 0 Å². The van der Waals surface area contributed by atoms with Crippen LogP contribution in [0.4, 0.5) is 0 Å². The van der Waals surface area contributed by atoms with Gasteiger partial charge in [-0.2, -0.15) is 0 Å². The molecule has 2 heterocycles. The maximum absolute atomic E-state index is 11.0. The molecule has 0 aromatic carbocycles. The van der Waals surface area contributed by atoms with E-state index >= 15 is 0 Å². The molecule has 4 heteroatoms. The number of hydrogen-bond acceptors (Lipinski definition) is 3. The van der Waals surface area contributed by atoms with E-state index in [1.165, 1.54) is 0 Å². The van der Waals surface area contributed by atoms with Crippen LogP contribution in [0, 0.1) is 0 Å². The number of rotatable bonds is 4. The number of fused-ring (bicyclic) bond motifs is 1. The van der Waals surface area contributed by atoms with Crippen LogP contribution in [0.5, 0.6) is 0 Å². The van der Waals surface area contributed by atoms with Crippen LogP contribution < -0.4 is 0 Å². The Morgan fingerprint density at radius 1 is 1.53 bits per heavy atom. The summed E-state index contributed by atoms with van der Waals surface area (Å²) >= 11 is 1.63. The molecule has 15 heavy (non-hydrogen) atoms. The Bertz CT molecular complexity index is 478. The topological polar surface area (TPSA) is 34.4 Å². The quantitative estimate of drug-likeness (QED) is 0.587. The summed E-state index contributed by atoms with van der Waals surface area (Å²) in [5.74, 6) is 0.991. The van der Waals surface area contributed by atoms with Gasteiger partial charge in [0.15, 0.2) is 6.29 Å². The molecule has 0 radical (unpaired) electrons. The van der Waals surface area contributed by atoms with E-state index in [0.29, 0.717) is 5.69 Å². The van der Waals surface area contributed by atoms with Crippen LogP contribution in [-0.2, 0) is 0 Å². The molecule has 0 fully saturated rings. The molecule has 2 rings (SSSR count). The third-order valence-corrected chi connectivity index (χ3v) is 3.27. The van der Waals surface area contributed by atoms with Crippen molar-refractivity contribution in [2.24, 2.45) is 0 Å². The number of nitrogens with zero attached hydrogens (tertiary/aromatic N) is 2. The lowest BCUT2D eigenvalue weighted by molar-refractivity contribution is 0.111. The SMILES string of the molecule is CCCSc1nc2ccccn2c1C=O. The highest BCUT2D eigenvalue weighted by molar-refractivity contribution is 7.99. The van der Waals surface area contributed by atoms with Gasteiger partial charge in [0.25, 0.3) is 0 Å². The molecule has 0 atom stereocenters. The smallest absolute Gasteiger partial charge is 0.169 e. The van der Waals surface area contributed by atoms with Gasteiger partial charge in [0, 0.05) is 6.20 Å². The van der Waals surface area contributed by atoms with Crippen molar-refractivity contribution in [1.29, 1.82) is 0 Å². The van der Waals surface area contributed by atoms with E-state index in [1.54, 1.807) is 11.8 Å². The van der Waals surface area contributed by atoms with Crippen molar-refractivity contribution in [2.75, 3.05) is 5.75 Å². The zero-order valence-electron chi connectivity index (χ0n) is 8.51. The standard InChI is InChI=1S/C11H12N2OS/c1-2-7-15-11-9(8-14)13-6-4-3-5-10(13)12-11/h3-6,8H,2,7H2,1H3. The fraction of sp³-hybridized carbons (Fsp3) is 0.273. The molecule has 0 amide bonds. The van der Waals surface area contributed by atoms with Gasteiger partial charge in [0.2, 0.25) is 0 Å². The summed E-state index contributed by atoms with van der Waals surface area (Å²) < 4.78 is 1.82. The minimum Gasteiger partial charge on any atom is -0.296 e. The number of carbonyl (C=O) groups excluding carboxylic acids is 1. The summed E-state index contributed by atoms with van der Waals surface area (Å²) in [6.45, 7) is 2.11. The van der Waals surface area contributed by atoms with Gasteiger partial charge in [-0.05, 0) is 24.3 Å². The number of pyridine rings is 1. The summed E-state index contributed by atoms with van der Waals surface area (Å²) in [6, 6.07) is 5.73. The molecule has 0 saturated carbocycles. The number of imidazole rings is 1. The Kier molecular flexibility index (Phi) is 3.06. The lowest BCUT2D eigenvalue weighted by Gasteiger charge is -1.95. The monoisotopic (exact) mass is 220 g/mol. The molecule has 2 aromatic heterocycles. The van der Waals surface area contributed by atoms with Gasteiger partial charge >= 0.3 is 0 Å². The van der Waals surface area contributed by atoms with E-state index in [1.807, 2.05) is 28.8 Å². The molecule has 0 unspecified atom stereocenters. The van der Waals surface area contributed by atoms with Crippen molar-refractivity contribution in [2.45, 2.75) is 18.4 Å². The van der Waals surface area contributed by atoms with Crippen LogP contribution in [-0.4, -0.2) is 21.4 Å². The Morgan fingerprint density at radius 3 is 3.13 bits per heavy atom. The number of aromatic nitrogens is 2. The predicted octanol–water partition coefficient (Wildman–Crippen LogP) is 2.65. The maximum Gasteiger partial charge on any atom is 0.169 e. The summed E-state index contributed by atoms with van der Waals surface area (Å²) in [4.78, 5) is 15.4. The predicted molar refractivity (Wildman–Crippen MR) is 61.6 cm³/mol. The van der Waals surface area contributed by atoms with E-state index in [4.69, 9.17) is 0 Å². The van der Waals surface area contributed by atoms with Crippen molar-refractivity contribution in [3.05, 3.63) is 30.1 Å². The van der Waals surface area contributed by atoms with E-state index in [0.717, 1.165) is 29.1 Å². The summed E-state index contributed by atoms with van der Waals surface area (Å²) in [5.41, 5.74) is 1.49. The Balaban J connectivity index is 2.49. The van der Waals surface area contributed by atoms with Crippen LogP contribution in [0.25, 0.3) is 5.65 Å². The molecule has 0 spiro atoms. The molecule has 0 saturated heterocycles. The van der Waals surface area contributed by atoms with Gasteiger partial charge < -0.3 is 0 Å². The first kappa shape index (κ1) is 10.2. The normalized spacial score (nSPS) is 10.7. The molecular formula is C11H12N2OS. The molecule has 3 nitrogen and oxygen atoms in total. The third kappa shape index (κ3) is 1.90. The fourth-order valence-electron chi connectivity index (χ4n) is 1.41. The molecule has 0 aliphatic heterocycles. The first-order valence-electron chi connectivity index (χ1n) is 4.92. The molecule has 0 aliphatic carbocycles. The van der Waals surface area contributed by atoms with Crippen molar-refractivity contribution >= 4 is 23.7 Å². The van der Waals surface area contributed by atoms with Gasteiger partial charge in [0.1, 0.15) is 16.4 Å². The largest absolute Gasteiger partial charge is 0.296 e. The van der Waals surface area contributed by atoms with Crippen molar-refractivity contribution < 1.29 is 4.79 Å². The fourth-order valence-corrected chi connectivity index (χ4v) is 2.26. The van der Waals surface area contributed by atoms with Crippen molar-refractivity contribution in [1.82, 2.24) is 9.38 Å². The second kappa shape index (κ2) is 4.49. The van der Waals surface area contributed by atoms with Gasteiger partial charge in [-0.15, -0.1) is 11.8 Å². The van der Waals surface area contributed by atoms with Crippen molar-refractivity contribution in [3.8, 4) is 0 Å². The van der Waals surface area contributed by atoms with Gasteiger partial charge in [-0.25, -0.2) is 4.98 Å². The van der Waals surface area contributed by atoms with E-state index in [9.17, 15) is 4.79 Å². The van der Waals surface area contributed by atoms with Gasteiger partial charge in [0.05, 0.1) is 0 Å². The van der Waals surface area contributed by atoms with Crippen LogP contribution >= 0.6 is 11.8 Å². The third-order valence-electron chi connectivity index (χ3n) is 2.09.